The molecule has 0 aliphatic carbocycles. The summed E-state index contributed by atoms with van der Waals surface area (Å²) < 4.78 is 34.6. The van der Waals surface area contributed by atoms with Crippen LogP contribution in [-0.4, -0.2) is 23.7 Å². The molecular weight excluding hydrogens is 211 g/mol. The van der Waals surface area contributed by atoms with Gasteiger partial charge in [0.1, 0.15) is 0 Å². The van der Waals surface area contributed by atoms with E-state index in [1.807, 2.05) is 0 Å². The Morgan fingerprint density at radius 2 is 1.92 bits per heavy atom. The van der Waals surface area contributed by atoms with E-state index in [0.717, 1.165) is 11.8 Å². The van der Waals surface area contributed by atoms with Gasteiger partial charge in [-0.1, -0.05) is 0 Å². The Hall–Kier alpha value is 0.390. The summed E-state index contributed by atoms with van der Waals surface area (Å²) >= 11 is 0.884. The summed E-state index contributed by atoms with van der Waals surface area (Å²) in [6.07, 6.45) is -3.40. The van der Waals surface area contributed by atoms with Gasteiger partial charge >= 0.3 is 6.18 Å². The summed E-state index contributed by atoms with van der Waals surface area (Å²) in [7, 11) is 0. The lowest BCUT2D eigenvalue weighted by atomic mass is 10.3. The second kappa shape index (κ2) is 6.86. The molecular formula is C6H13ClF3NS. The van der Waals surface area contributed by atoms with Crippen LogP contribution in [0.25, 0.3) is 0 Å². The number of nitrogens with two attached hydrogens (primary N) is 1. The molecule has 76 valence electrons. The van der Waals surface area contributed by atoms with Crippen LogP contribution in [-0.2, 0) is 0 Å². The van der Waals surface area contributed by atoms with Gasteiger partial charge in [0.25, 0.3) is 0 Å². The molecule has 1 atom stereocenters. The number of hydrogen-bond donors (Lipinski definition) is 1. The van der Waals surface area contributed by atoms with Gasteiger partial charge in [-0.25, -0.2) is 0 Å². The van der Waals surface area contributed by atoms with Gasteiger partial charge in [0, 0.05) is 6.04 Å². The molecule has 0 unspecified atom stereocenters. The van der Waals surface area contributed by atoms with Crippen molar-refractivity contribution in [3.8, 4) is 0 Å². The third-order valence-electron chi connectivity index (χ3n) is 0.983. The van der Waals surface area contributed by atoms with Crippen molar-refractivity contribution in [3.63, 3.8) is 0 Å². The van der Waals surface area contributed by atoms with Gasteiger partial charge in [0.15, 0.2) is 0 Å². The first-order chi connectivity index (χ1) is 4.92. The summed E-state index contributed by atoms with van der Waals surface area (Å²) in [6.45, 7) is 1.79. The van der Waals surface area contributed by atoms with Crippen LogP contribution in [0.15, 0.2) is 0 Å². The zero-order chi connectivity index (χ0) is 8.91. The first-order valence-electron chi connectivity index (χ1n) is 3.32. The topological polar surface area (TPSA) is 26.0 Å². The van der Waals surface area contributed by atoms with E-state index in [4.69, 9.17) is 5.73 Å². The van der Waals surface area contributed by atoms with Crippen molar-refractivity contribution >= 4 is 24.2 Å². The average molecular weight is 224 g/mol. The van der Waals surface area contributed by atoms with E-state index in [1.54, 1.807) is 6.92 Å². The molecule has 0 spiro atoms. The molecule has 0 aromatic carbocycles. The van der Waals surface area contributed by atoms with E-state index in [0.29, 0.717) is 12.2 Å². The van der Waals surface area contributed by atoms with E-state index in [2.05, 4.69) is 0 Å². The fourth-order valence-electron chi connectivity index (χ4n) is 0.457. The van der Waals surface area contributed by atoms with Gasteiger partial charge < -0.3 is 5.73 Å². The van der Waals surface area contributed by atoms with Crippen molar-refractivity contribution in [2.24, 2.45) is 5.73 Å². The van der Waals surface area contributed by atoms with Crippen molar-refractivity contribution < 1.29 is 13.2 Å². The summed E-state index contributed by atoms with van der Waals surface area (Å²) in [6, 6.07) is -0.00395. The van der Waals surface area contributed by atoms with Crippen molar-refractivity contribution in [2.75, 3.05) is 11.5 Å². The Balaban J connectivity index is 0. The molecule has 0 aliphatic rings. The van der Waals surface area contributed by atoms with E-state index >= 15 is 0 Å². The molecule has 1 nitrogen and oxygen atoms in total. The fourth-order valence-corrected chi connectivity index (χ4v) is 1.37. The third-order valence-corrected chi connectivity index (χ3v) is 2.04. The molecule has 2 N–H and O–H groups in total. The van der Waals surface area contributed by atoms with Crippen molar-refractivity contribution in [2.45, 2.75) is 25.6 Å². The molecule has 0 radical (unpaired) electrons. The maximum absolute atomic E-state index is 11.5. The molecule has 0 saturated carbocycles. The minimum absolute atomic E-state index is 0. The predicted octanol–water partition coefficient (Wildman–Crippen LogP) is 2.44. The lowest BCUT2D eigenvalue weighted by Crippen LogP contribution is -2.17. The van der Waals surface area contributed by atoms with Crippen LogP contribution in [0.1, 0.15) is 13.3 Å². The van der Waals surface area contributed by atoms with Gasteiger partial charge in [-0.15, -0.1) is 12.4 Å². The van der Waals surface area contributed by atoms with Gasteiger partial charge in [-0.3, -0.25) is 0 Å². The summed E-state index contributed by atoms with van der Waals surface area (Å²) in [5, 5.41) is 0. The number of alkyl halides is 3. The summed E-state index contributed by atoms with van der Waals surface area (Å²) in [4.78, 5) is 0. The molecule has 0 aromatic rings. The highest BCUT2D eigenvalue weighted by atomic mass is 35.5. The molecule has 0 bridgehead atoms. The van der Waals surface area contributed by atoms with Crippen LogP contribution in [0.5, 0.6) is 0 Å². The van der Waals surface area contributed by atoms with Crippen molar-refractivity contribution in [3.05, 3.63) is 0 Å². The molecule has 0 aliphatic heterocycles. The number of thioether (sulfide) groups is 1. The zero-order valence-corrected chi connectivity index (χ0v) is 8.36. The van der Waals surface area contributed by atoms with Gasteiger partial charge in [0.2, 0.25) is 0 Å². The Bertz CT molecular complexity index is 107. The number of rotatable bonds is 4. The van der Waals surface area contributed by atoms with Crippen LogP contribution in [0, 0.1) is 0 Å². The molecule has 6 heteroatoms. The highest BCUT2D eigenvalue weighted by Crippen LogP contribution is 2.21. The molecule has 0 rings (SSSR count). The maximum atomic E-state index is 11.5. The quantitative estimate of drug-likeness (QED) is 0.741. The number of halogens is 4. The lowest BCUT2D eigenvalue weighted by Gasteiger charge is -2.06. The Morgan fingerprint density at radius 3 is 2.25 bits per heavy atom. The van der Waals surface area contributed by atoms with Gasteiger partial charge in [-0.2, -0.15) is 24.9 Å². The molecule has 0 fully saturated rings. The first-order valence-corrected chi connectivity index (χ1v) is 4.47. The molecule has 0 amide bonds. The zero-order valence-electron chi connectivity index (χ0n) is 6.73. The minimum Gasteiger partial charge on any atom is -0.328 e. The van der Waals surface area contributed by atoms with Crippen LogP contribution < -0.4 is 5.73 Å². The van der Waals surface area contributed by atoms with Crippen LogP contribution in [0.4, 0.5) is 13.2 Å². The summed E-state index contributed by atoms with van der Waals surface area (Å²) in [5.41, 5.74) is 5.35. The van der Waals surface area contributed by atoms with Crippen molar-refractivity contribution in [1.29, 1.82) is 0 Å². The van der Waals surface area contributed by atoms with E-state index in [1.165, 1.54) is 0 Å². The van der Waals surface area contributed by atoms with E-state index < -0.39 is 11.9 Å². The lowest BCUT2D eigenvalue weighted by molar-refractivity contribution is -0.105. The van der Waals surface area contributed by atoms with E-state index in [-0.39, 0.29) is 18.4 Å². The predicted molar refractivity (Wildman–Crippen MR) is 48.9 cm³/mol. The summed E-state index contributed by atoms with van der Waals surface area (Å²) in [5.74, 6) is -0.281. The van der Waals surface area contributed by atoms with Gasteiger partial charge in [-0.05, 0) is 19.1 Å². The molecule has 0 saturated heterocycles. The maximum Gasteiger partial charge on any atom is 0.397 e. The van der Waals surface area contributed by atoms with Crippen LogP contribution in [0.3, 0.4) is 0 Å². The smallest absolute Gasteiger partial charge is 0.328 e. The van der Waals surface area contributed by atoms with Crippen LogP contribution in [0.2, 0.25) is 0 Å². The molecule has 0 aromatic heterocycles. The fraction of sp³-hybridized carbons (Fsp3) is 1.00. The second-order valence-corrected chi connectivity index (χ2v) is 3.54. The third kappa shape index (κ3) is 13.0. The SMILES string of the molecule is C[C@@H](N)CCSCC(F)(F)F.Cl. The number of hydrogen-bond acceptors (Lipinski definition) is 2. The minimum atomic E-state index is -4.04. The standard InChI is InChI=1S/C6H12F3NS.ClH/c1-5(10)2-3-11-4-6(7,8)9;/h5H,2-4,10H2,1H3;1H/t5-;/m1./s1. The highest BCUT2D eigenvalue weighted by Gasteiger charge is 2.26. The molecule has 0 heterocycles. The Labute approximate surface area is 80.7 Å². The van der Waals surface area contributed by atoms with Crippen LogP contribution >= 0.6 is 24.2 Å². The second-order valence-electron chi connectivity index (χ2n) is 2.43. The largest absolute Gasteiger partial charge is 0.397 e. The Kier molecular flexibility index (Phi) is 8.51. The normalized spacial score (nSPS) is 13.8. The van der Waals surface area contributed by atoms with E-state index in [9.17, 15) is 13.2 Å². The average Bonchev–Trinajstić information content (AvgIpc) is 1.78. The molecule has 12 heavy (non-hydrogen) atoms. The van der Waals surface area contributed by atoms with Gasteiger partial charge in [0.05, 0.1) is 5.75 Å². The Morgan fingerprint density at radius 1 is 1.42 bits per heavy atom. The first kappa shape index (κ1) is 14.9. The highest BCUT2D eigenvalue weighted by molar-refractivity contribution is 7.99. The van der Waals surface area contributed by atoms with Crippen molar-refractivity contribution in [1.82, 2.24) is 0 Å². The monoisotopic (exact) mass is 223 g/mol.